The maximum absolute atomic E-state index is 5.63. The summed E-state index contributed by atoms with van der Waals surface area (Å²) in [6.07, 6.45) is 0.982. The number of rotatable bonds is 5. The topological polar surface area (TPSA) is 44.5 Å². The first kappa shape index (κ1) is 13.8. The SMILES string of the molecule is COc1cc(C(C)CCN)c(C)c(C)c1OC. The first-order chi connectivity index (χ1) is 8.06. The van der Waals surface area contributed by atoms with Crippen LogP contribution in [0.4, 0.5) is 0 Å². The van der Waals surface area contributed by atoms with Crippen LogP contribution in [-0.2, 0) is 0 Å². The second kappa shape index (κ2) is 5.92. The van der Waals surface area contributed by atoms with Crippen LogP contribution in [0.15, 0.2) is 6.07 Å². The van der Waals surface area contributed by atoms with Gasteiger partial charge in [0.2, 0.25) is 0 Å². The Kier molecular flexibility index (Phi) is 4.82. The highest BCUT2D eigenvalue weighted by atomic mass is 16.5. The lowest BCUT2D eigenvalue weighted by Gasteiger charge is -2.20. The van der Waals surface area contributed by atoms with Crippen molar-refractivity contribution in [2.75, 3.05) is 20.8 Å². The van der Waals surface area contributed by atoms with Gasteiger partial charge in [0, 0.05) is 0 Å². The molecule has 0 aliphatic carbocycles. The highest BCUT2D eigenvalue weighted by molar-refractivity contribution is 5.54. The van der Waals surface area contributed by atoms with E-state index in [0.29, 0.717) is 12.5 Å². The molecule has 0 heterocycles. The molecule has 0 aromatic heterocycles. The zero-order valence-electron chi connectivity index (χ0n) is 11.5. The van der Waals surface area contributed by atoms with E-state index >= 15 is 0 Å². The lowest BCUT2D eigenvalue weighted by atomic mass is 9.90. The maximum atomic E-state index is 5.63. The summed E-state index contributed by atoms with van der Waals surface area (Å²) in [7, 11) is 3.34. The van der Waals surface area contributed by atoms with Crippen LogP contribution in [0.5, 0.6) is 11.5 Å². The first-order valence-corrected chi connectivity index (χ1v) is 5.98. The van der Waals surface area contributed by atoms with Gasteiger partial charge in [-0.25, -0.2) is 0 Å². The van der Waals surface area contributed by atoms with Crippen molar-refractivity contribution in [2.45, 2.75) is 33.1 Å². The quantitative estimate of drug-likeness (QED) is 0.856. The number of hydrogen-bond donors (Lipinski definition) is 1. The van der Waals surface area contributed by atoms with Gasteiger partial charge in [-0.05, 0) is 55.5 Å². The maximum Gasteiger partial charge on any atom is 0.163 e. The predicted molar refractivity (Wildman–Crippen MR) is 71.1 cm³/mol. The molecule has 1 atom stereocenters. The summed E-state index contributed by atoms with van der Waals surface area (Å²) in [5, 5.41) is 0. The highest BCUT2D eigenvalue weighted by Crippen LogP contribution is 2.38. The molecule has 96 valence electrons. The molecule has 0 spiro atoms. The van der Waals surface area contributed by atoms with E-state index in [-0.39, 0.29) is 0 Å². The minimum absolute atomic E-state index is 0.443. The van der Waals surface area contributed by atoms with E-state index in [0.717, 1.165) is 23.5 Å². The first-order valence-electron chi connectivity index (χ1n) is 5.98. The summed E-state index contributed by atoms with van der Waals surface area (Å²) < 4.78 is 10.8. The molecule has 0 saturated carbocycles. The fourth-order valence-electron chi connectivity index (χ4n) is 2.21. The Labute approximate surface area is 104 Å². The normalized spacial score (nSPS) is 12.4. The van der Waals surface area contributed by atoms with E-state index in [1.807, 2.05) is 0 Å². The van der Waals surface area contributed by atoms with E-state index < -0.39 is 0 Å². The molecule has 0 aliphatic rings. The van der Waals surface area contributed by atoms with Gasteiger partial charge in [0.15, 0.2) is 11.5 Å². The van der Waals surface area contributed by atoms with Gasteiger partial charge in [0.1, 0.15) is 0 Å². The number of ether oxygens (including phenoxy) is 2. The van der Waals surface area contributed by atoms with E-state index in [1.54, 1.807) is 14.2 Å². The number of nitrogens with two attached hydrogens (primary N) is 1. The molecule has 0 aliphatic heterocycles. The van der Waals surface area contributed by atoms with E-state index in [1.165, 1.54) is 11.1 Å². The Morgan fingerprint density at radius 1 is 1.18 bits per heavy atom. The Hall–Kier alpha value is -1.22. The lowest BCUT2D eigenvalue weighted by Crippen LogP contribution is -2.07. The van der Waals surface area contributed by atoms with E-state index in [2.05, 4.69) is 26.8 Å². The summed E-state index contributed by atoms with van der Waals surface area (Å²) in [4.78, 5) is 0. The third kappa shape index (κ3) is 2.72. The lowest BCUT2D eigenvalue weighted by molar-refractivity contribution is 0.351. The van der Waals surface area contributed by atoms with Gasteiger partial charge in [-0.15, -0.1) is 0 Å². The Morgan fingerprint density at radius 2 is 1.82 bits per heavy atom. The minimum Gasteiger partial charge on any atom is -0.493 e. The van der Waals surface area contributed by atoms with Crippen molar-refractivity contribution >= 4 is 0 Å². The van der Waals surface area contributed by atoms with Crippen LogP contribution in [0.25, 0.3) is 0 Å². The third-order valence-electron chi connectivity index (χ3n) is 3.40. The second-order valence-corrected chi connectivity index (χ2v) is 4.43. The molecule has 3 nitrogen and oxygen atoms in total. The van der Waals surface area contributed by atoms with Gasteiger partial charge in [-0.3, -0.25) is 0 Å². The smallest absolute Gasteiger partial charge is 0.163 e. The highest BCUT2D eigenvalue weighted by Gasteiger charge is 2.17. The molecule has 0 saturated heterocycles. The summed E-state index contributed by atoms with van der Waals surface area (Å²) in [5.41, 5.74) is 9.33. The van der Waals surface area contributed by atoms with Crippen LogP contribution in [0.2, 0.25) is 0 Å². The average molecular weight is 237 g/mol. The van der Waals surface area contributed by atoms with Gasteiger partial charge in [0.05, 0.1) is 14.2 Å². The van der Waals surface area contributed by atoms with Crippen LogP contribution < -0.4 is 15.2 Å². The van der Waals surface area contributed by atoms with Crippen LogP contribution >= 0.6 is 0 Å². The van der Waals surface area contributed by atoms with E-state index in [4.69, 9.17) is 15.2 Å². The van der Waals surface area contributed by atoms with Crippen LogP contribution in [0.1, 0.15) is 36.0 Å². The average Bonchev–Trinajstić information content (AvgIpc) is 2.32. The third-order valence-corrected chi connectivity index (χ3v) is 3.40. The van der Waals surface area contributed by atoms with Crippen molar-refractivity contribution in [3.05, 3.63) is 22.8 Å². The summed E-state index contributed by atoms with van der Waals surface area (Å²) >= 11 is 0. The zero-order valence-corrected chi connectivity index (χ0v) is 11.5. The minimum atomic E-state index is 0.443. The molecule has 1 unspecified atom stereocenters. The van der Waals surface area contributed by atoms with Gasteiger partial charge >= 0.3 is 0 Å². The fourth-order valence-corrected chi connectivity index (χ4v) is 2.21. The fraction of sp³-hybridized carbons (Fsp3) is 0.571. The van der Waals surface area contributed by atoms with Crippen molar-refractivity contribution in [3.8, 4) is 11.5 Å². The van der Waals surface area contributed by atoms with Gasteiger partial charge in [-0.1, -0.05) is 6.92 Å². The van der Waals surface area contributed by atoms with Crippen LogP contribution in [0.3, 0.4) is 0 Å². The standard InChI is InChI=1S/C14H23NO2/c1-9(6-7-15)12-8-13(16-4)14(17-5)11(3)10(12)2/h8-9H,6-7,15H2,1-5H3. The Morgan fingerprint density at radius 3 is 2.29 bits per heavy atom. The summed E-state index contributed by atoms with van der Waals surface area (Å²) in [6.45, 7) is 7.09. The predicted octanol–water partition coefficient (Wildman–Crippen LogP) is 2.77. The molecule has 2 N–H and O–H groups in total. The van der Waals surface area contributed by atoms with Crippen molar-refractivity contribution in [1.29, 1.82) is 0 Å². The van der Waals surface area contributed by atoms with Crippen molar-refractivity contribution < 1.29 is 9.47 Å². The zero-order chi connectivity index (χ0) is 13.0. The number of benzene rings is 1. The monoisotopic (exact) mass is 237 g/mol. The second-order valence-electron chi connectivity index (χ2n) is 4.43. The largest absolute Gasteiger partial charge is 0.493 e. The van der Waals surface area contributed by atoms with Crippen molar-refractivity contribution in [3.63, 3.8) is 0 Å². The molecule has 17 heavy (non-hydrogen) atoms. The molecule has 1 aromatic rings. The van der Waals surface area contributed by atoms with Gasteiger partial charge in [-0.2, -0.15) is 0 Å². The summed E-state index contributed by atoms with van der Waals surface area (Å²) in [5.74, 6) is 2.07. The molecule has 0 bridgehead atoms. The van der Waals surface area contributed by atoms with Crippen molar-refractivity contribution in [2.24, 2.45) is 5.73 Å². The van der Waals surface area contributed by atoms with Crippen LogP contribution in [0, 0.1) is 13.8 Å². The van der Waals surface area contributed by atoms with Crippen LogP contribution in [-0.4, -0.2) is 20.8 Å². The summed E-state index contributed by atoms with van der Waals surface area (Å²) in [6, 6.07) is 2.07. The number of hydrogen-bond acceptors (Lipinski definition) is 3. The molecule has 1 aromatic carbocycles. The Bertz CT molecular complexity index is 388. The Balaban J connectivity index is 3.28. The molecule has 0 amide bonds. The number of methoxy groups -OCH3 is 2. The molecule has 3 heteroatoms. The van der Waals surface area contributed by atoms with Gasteiger partial charge in [0.25, 0.3) is 0 Å². The molecule has 0 radical (unpaired) electrons. The molecule has 0 fully saturated rings. The van der Waals surface area contributed by atoms with E-state index in [9.17, 15) is 0 Å². The molecular weight excluding hydrogens is 214 g/mol. The van der Waals surface area contributed by atoms with Gasteiger partial charge < -0.3 is 15.2 Å². The molecule has 1 rings (SSSR count). The van der Waals surface area contributed by atoms with Crippen molar-refractivity contribution in [1.82, 2.24) is 0 Å². The molecular formula is C14H23NO2.